The number of nitrogens with one attached hydrogen (secondary N) is 1. The topological polar surface area (TPSA) is 60.6 Å². The minimum absolute atomic E-state index is 0.225. The van der Waals surface area contributed by atoms with E-state index in [1.165, 1.54) is 5.69 Å². The van der Waals surface area contributed by atoms with E-state index in [0.29, 0.717) is 0 Å². The van der Waals surface area contributed by atoms with Crippen LogP contribution in [0.3, 0.4) is 0 Å². The van der Waals surface area contributed by atoms with Gasteiger partial charge in [0.1, 0.15) is 0 Å². The Morgan fingerprint density at radius 3 is 2.74 bits per heavy atom. The molecule has 2 aromatic heterocycles. The molecule has 0 aliphatic rings. The molecule has 6 nitrogen and oxygen atoms in total. The first-order valence-electron chi connectivity index (χ1n) is 6.77. The summed E-state index contributed by atoms with van der Waals surface area (Å²) in [7, 11) is 1.89. The third-order valence-corrected chi connectivity index (χ3v) is 3.10. The molecule has 0 radical (unpaired) electrons. The van der Waals surface area contributed by atoms with E-state index in [4.69, 9.17) is 0 Å². The van der Waals surface area contributed by atoms with Crippen molar-refractivity contribution in [2.24, 2.45) is 7.05 Å². The summed E-state index contributed by atoms with van der Waals surface area (Å²) in [5.41, 5.74) is 3.27. The maximum atomic E-state index is 4.51. The van der Waals surface area contributed by atoms with Gasteiger partial charge < -0.3 is 5.32 Å². The third kappa shape index (κ3) is 3.20. The number of aryl methyl sites for hydroxylation is 3. The zero-order valence-electron chi connectivity index (χ0n) is 12.1. The Hall–Kier alpha value is -1.69. The summed E-state index contributed by atoms with van der Waals surface area (Å²) in [4.78, 5) is 0. The fraction of sp³-hybridized carbons (Fsp3) is 0.615. The molecule has 0 saturated heterocycles. The van der Waals surface area contributed by atoms with Gasteiger partial charge in [-0.25, -0.2) is 0 Å². The number of hydrogen-bond acceptors (Lipinski definition) is 4. The molecule has 0 spiro atoms. The van der Waals surface area contributed by atoms with Crippen molar-refractivity contribution < 1.29 is 0 Å². The quantitative estimate of drug-likeness (QED) is 0.850. The van der Waals surface area contributed by atoms with Crippen LogP contribution in [0.5, 0.6) is 0 Å². The van der Waals surface area contributed by atoms with Crippen molar-refractivity contribution in [2.45, 2.75) is 39.8 Å². The van der Waals surface area contributed by atoms with Crippen LogP contribution in [0.1, 0.15) is 37.0 Å². The maximum absolute atomic E-state index is 4.51. The van der Waals surface area contributed by atoms with E-state index in [1.807, 2.05) is 20.2 Å². The van der Waals surface area contributed by atoms with Crippen molar-refractivity contribution in [1.29, 1.82) is 0 Å². The largest absolute Gasteiger partial charge is 0.309 e. The van der Waals surface area contributed by atoms with Crippen molar-refractivity contribution in [3.8, 4) is 0 Å². The van der Waals surface area contributed by atoms with Crippen molar-refractivity contribution in [3.05, 3.63) is 29.3 Å². The molecule has 0 saturated carbocycles. The van der Waals surface area contributed by atoms with E-state index < -0.39 is 0 Å². The highest BCUT2D eigenvalue weighted by Gasteiger charge is 2.18. The predicted octanol–water partition coefficient (Wildman–Crippen LogP) is 1.23. The normalized spacial score (nSPS) is 12.8. The van der Waals surface area contributed by atoms with Gasteiger partial charge in [0.05, 0.1) is 23.1 Å². The van der Waals surface area contributed by atoms with Gasteiger partial charge in [0, 0.05) is 26.2 Å². The summed E-state index contributed by atoms with van der Waals surface area (Å²) in [5, 5.41) is 16.2. The van der Waals surface area contributed by atoms with Crippen LogP contribution in [0, 0.1) is 6.92 Å². The van der Waals surface area contributed by atoms with Crippen molar-refractivity contribution >= 4 is 0 Å². The monoisotopic (exact) mass is 262 g/mol. The molecule has 0 aliphatic carbocycles. The average Bonchev–Trinajstić information content (AvgIpc) is 2.94. The number of nitrogens with zero attached hydrogens (tertiary/aromatic N) is 5. The van der Waals surface area contributed by atoms with Gasteiger partial charge in [-0.1, -0.05) is 12.1 Å². The molecule has 6 heteroatoms. The average molecular weight is 262 g/mol. The van der Waals surface area contributed by atoms with Crippen LogP contribution in [0.25, 0.3) is 0 Å². The second-order valence-electron chi connectivity index (χ2n) is 4.72. The molecule has 2 rings (SSSR count). The van der Waals surface area contributed by atoms with Gasteiger partial charge in [-0.2, -0.15) is 5.10 Å². The van der Waals surface area contributed by atoms with Gasteiger partial charge >= 0.3 is 0 Å². The summed E-state index contributed by atoms with van der Waals surface area (Å²) < 4.78 is 3.79. The Labute approximate surface area is 113 Å². The molecule has 104 valence electrons. The minimum Gasteiger partial charge on any atom is -0.309 e. The molecule has 1 unspecified atom stereocenters. The molecule has 0 aliphatic heterocycles. The van der Waals surface area contributed by atoms with Gasteiger partial charge in [-0.3, -0.25) is 9.36 Å². The molecule has 0 amide bonds. The van der Waals surface area contributed by atoms with E-state index in [1.54, 1.807) is 4.68 Å². The van der Waals surface area contributed by atoms with Crippen LogP contribution in [0.15, 0.2) is 12.3 Å². The predicted molar refractivity (Wildman–Crippen MR) is 73.8 cm³/mol. The number of likely N-dealkylation sites (N-methyl/N-ethyl adjacent to an activating group) is 1. The molecule has 1 atom stereocenters. The summed E-state index contributed by atoms with van der Waals surface area (Å²) in [6, 6.07) is 2.37. The Bertz CT molecular complexity index is 527. The van der Waals surface area contributed by atoms with Crippen LogP contribution in [0.2, 0.25) is 0 Å². The van der Waals surface area contributed by atoms with Gasteiger partial charge in [0.25, 0.3) is 0 Å². The molecule has 0 fully saturated rings. The zero-order valence-corrected chi connectivity index (χ0v) is 12.1. The Balaban J connectivity index is 2.23. The van der Waals surface area contributed by atoms with Crippen molar-refractivity contribution in [2.75, 3.05) is 6.54 Å². The number of hydrogen-bond donors (Lipinski definition) is 1. The van der Waals surface area contributed by atoms with E-state index in [-0.39, 0.29) is 6.04 Å². The second-order valence-corrected chi connectivity index (χ2v) is 4.72. The Morgan fingerprint density at radius 2 is 2.16 bits per heavy atom. The molecule has 2 aromatic rings. The highest BCUT2D eigenvalue weighted by atomic mass is 15.4. The van der Waals surface area contributed by atoms with Gasteiger partial charge in [0.2, 0.25) is 0 Å². The lowest BCUT2D eigenvalue weighted by atomic mass is 10.1. The fourth-order valence-electron chi connectivity index (χ4n) is 2.32. The molecular weight excluding hydrogens is 240 g/mol. The highest BCUT2D eigenvalue weighted by molar-refractivity contribution is 5.15. The Morgan fingerprint density at radius 1 is 1.37 bits per heavy atom. The molecule has 1 N–H and O–H groups in total. The van der Waals surface area contributed by atoms with Crippen LogP contribution >= 0.6 is 0 Å². The van der Waals surface area contributed by atoms with Gasteiger partial charge in [-0.15, -0.1) is 5.10 Å². The molecule has 0 bridgehead atoms. The lowest BCUT2D eigenvalue weighted by Crippen LogP contribution is -2.25. The van der Waals surface area contributed by atoms with Crippen LogP contribution in [0.4, 0.5) is 0 Å². The first-order valence-corrected chi connectivity index (χ1v) is 6.77. The highest BCUT2D eigenvalue weighted by Crippen LogP contribution is 2.18. The second kappa shape index (κ2) is 5.97. The SMILES string of the molecule is CCNC(Cc1cn(C)nn1)c1cc(C)nn1CC. The molecule has 0 aromatic carbocycles. The van der Waals surface area contributed by atoms with Crippen LogP contribution in [-0.4, -0.2) is 31.3 Å². The van der Waals surface area contributed by atoms with Crippen molar-refractivity contribution in [1.82, 2.24) is 30.1 Å². The van der Waals surface area contributed by atoms with Gasteiger partial charge in [-0.05, 0) is 26.5 Å². The van der Waals surface area contributed by atoms with E-state index in [0.717, 1.165) is 30.9 Å². The minimum atomic E-state index is 0.225. The zero-order chi connectivity index (χ0) is 13.8. The summed E-state index contributed by atoms with van der Waals surface area (Å²) in [5.74, 6) is 0. The summed E-state index contributed by atoms with van der Waals surface area (Å²) in [6.45, 7) is 8.05. The first-order chi connectivity index (χ1) is 9.13. The Kier molecular flexibility index (Phi) is 4.31. The summed E-state index contributed by atoms with van der Waals surface area (Å²) in [6.07, 6.45) is 2.79. The van der Waals surface area contributed by atoms with Crippen LogP contribution in [-0.2, 0) is 20.0 Å². The standard InChI is InChI=1S/C13H22N6/c1-5-14-12(8-11-9-18(4)17-15-11)13-7-10(3)16-19(13)6-2/h7,9,12,14H,5-6,8H2,1-4H3. The van der Waals surface area contributed by atoms with E-state index in [2.05, 4.69) is 45.3 Å². The first kappa shape index (κ1) is 13.7. The number of rotatable bonds is 6. The summed E-state index contributed by atoms with van der Waals surface area (Å²) >= 11 is 0. The molecule has 2 heterocycles. The molecular formula is C13H22N6. The van der Waals surface area contributed by atoms with Crippen molar-refractivity contribution in [3.63, 3.8) is 0 Å². The third-order valence-electron chi connectivity index (χ3n) is 3.10. The lowest BCUT2D eigenvalue weighted by molar-refractivity contribution is 0.486. The van der Waals surface area contributed by atoms with Gasteiger partial charge in [0.15, 0.2) is 0 Å². The lowest BCUT2D eigenvalue weighted by Gasteiger charge is -2.17. The van der Waals surface area contributed by atoms with E-state index >= 15 is 0 Å². The maximum Gasteiger partial charge on any atom is 0.0846 e. The van der Waals surface area contributed by atoms with Crippen LogP contribution < -0.4 is 5.32 Å². The molecule has 19 heavy (non-hydrogen) atoms. The van der Waals surface area contributed by atoms with E-state index in [9.17, 15) is 0 Å². The smallest absolute Gasteiger partial charge is 0.0846 e. The fourth-order valence-corrected chi connectivity index (χ4v) is 2.32. The number of aromatic nitrogens is 5.